The van der Waals surface area contributed by atoms with Gasteiger partial charge in [-0.1, -0.05) is 48.5 Å². The van der Waals surface area contributed by atoms with Crippen LogP contribution in [0.1, 0.15) is 0 Å². The number of ether oxygens (including phenoxy) is 7. The molecule has 0 aliphatic carbocycles. The topological polar surface area (TPSA) is 117 Å². The summed E-state index contributed by atoms with van der Waals surface area (Å²) in [6, 6.07) is 58.8. The van der Waals surface area contributed by atoms with Crippen LogP contribution in [0.3, 0.4) is 0 Å². The van der Waals surface area contributed by atoms with E-state index in [2.05, 4.69) is 0 Å². The second kappa shape index (κ2) is 17.0. The van der Waals surface area contributed by atoms with E-state index in [1.807, 2.05) is 158 Å². The summed E-state index contributed by atoms with van der Waals surface area (Å²) in [6.45, 7) is 0. The number of hydrogen-bond donors (Lipinski definition) is 2. The third-order valence-electron chi connectivity index (χ3n) is 8.30. The first-order valence-electron chi connectivity index (χ1n) is 18.0. The molecule has 0 amide bonds. The normalized spacial score (nSPS) is 10.6. The minimum Gasteiger partial charge on any atom is -0.457 e. The maximum atomic E-state index is 6.30. The van der Waals surface area contributed by atoms with Crippen molar-refractivity contribution in [3.05, 3.63) is 194 Å². The molecule has 0 aliphatic rings. The van der Waals surface area contributed by atoms with Gasteiger partial charge >= 0.3 is 0 Å². The van der Waals surface area contributed by atoms with E-state index >= 15 is 0 Å². The first-order valence-corrected chi connectivity index (χ1v) is 18.0. The van der Waals surface area contributed by atoms with Crippen molar-refractivity contribution >= 4 is 11.4 Å². The van der Waals surface area contributed by atoms with Crippen LogP contribution in [0.25, 0.3) is 0 Å². The predicted octanol–water partition coefficient (Wildman–Crippen LogP) is 13.4. The molecule has 280 valence electrons. The first-order chi connectivity index (χ1) is 28.0. The number of nitrogen functional groups attached to an aromatic ring is 2. The lowest BCUT2D eigenvalue weighted by Gasteiger charge is -2.15. The van der Waals surface area contributed by atoms with Gasteiger partial charge in [0.25, 0.3) is 0 Å². The molecular formula is C48H36N2O7. The van der Waals surface area contributed by atoms with Crippen molar-refractivity contribution in [3.8, 4) is 80.5 Å². The number of rotatable bonds is 14. The average Bonchev–Trinajstić information content (AvgIpc) is 3.22. The molecule has 8 rings (SSSR count). The van der Waals surface area contributed by atoms with Crippen LogP contribution in [0, 0.1) is 0 Å². The fourth-order valence-corrected chi connectivity index (χ4v) is 5.63. The molecule has 8 aromatic rings. The third-order valence-corrected chi connectivity index (χ3v) is 8.30. The molecule has 0 saturated heterocycles. The van der Waals surface area contributed by atoms with E-state index < -0.39 is 0 Å². The predicted molar refractivity (Wildman–Crippen MR) is 221 cm³/mol. The quantitative estimate of drug-likeness (QED) is 0.105. The molecule has 9 nitrogen and oxygen atoms in total. The molecule has 0 saturated carbocycles. The Bertz CT molecular complexity index is 2410. The summed E-state index contributed by atoms with van der Waals surface area (Å²) in [7, 11) is 0. The SMILES string of the molecule is Nc1ccc(Oc2cccc(Oc3ccccc3Oc3cccc(Oc4cccc(Oc5ccccc5Oc5cccc(Oc6ccc(N)cc6)c5)c4)c3)c2)cc1. The van der Waals surface area contributed by atoms with Crippen molar-refractivity contribution in [2.75, 3.05) is 11.5 Å². The molecule has 0 aliphatic heterocycles. The van der Waals surface area contributed by atoms with Crippen molar-refractivity contribution in [1.82, 2.24) is 0 Å². The zero-order valence-corrected chi connectivity index (χ0v) is 30.5. The summed E-state index contributed by atoms with van der Waals surface area (Å²) >= 11 is 0. The summed E-state index contributed by atoms with van der Waals surface area (Å²) < 4.78 is 43.3. The molecule has 0 radical (unpaired) electrons. The Morgan fingerprint density at radius 3 is 0.702 bits per heavy atom. The van der Waals surface area contributed by atoms with Crippen LogP contribution < -0.4 is 44.6 Å². The molecule has 9 heteroatoms. The van der Waals surface area contributed by atoms with Gasteiger partial charge in [-0.2, -0.15) is 0 Å². The molecule has 0 unspecified atom stereocenters. The Morgan fingerprint density at radius 2 is 0.439 bits per heavy atom. The van der Waals surface area contributed by atoms with Crippen molar-refractivity contribution in [2.45, 2.75) is 0 Å². The van der Waals surface area contributed by atoms with Gasteiger partial charge in [-0.3, -0.25) is 0 Å². The zero-order valence-electron chi connectivity index (χ0n) is 30.5. The molecular weight excluding hydrogens is 717 g/mol. The summed E-state index contributed by atoms with van der Waals surface area (Å²) in [5.41, 5.74) is 12.9. The van der Waals surface area contributed by atoms with Crippen LogP contribution >= 0.6 is 0 Å². The Balaban J connectivity index is 0.919. The highest BCUT2D eigenvalue weighted by molar-refractivity contribution is 5.51. The van der Waals surface area contributed by atoms with Gasteiger partial charge in [0.05, 0.1) is 0 Å². The van der Waals surface area contributed by atoms with Crippen LogP contribution in [0.2, 0.25) is 0 Å². The summed E-state index contributed by atoms with van der Waals surface area (Å²) in [6.07, 6.45) is 0. The lowest BCUT2D eigenvalue weighted by molar-refractivity contribution is 0.409. The lowest BCUT2D eigenvalue weighted by Crippen LogP contribution is -1.92. The van der Waals surface area contributed by atoms with E-state index in [1.54, 1.807) is 36.4 Å². The second-order valence-electron chi connectivity index (χ2n) is 12.6. The molecule has 8 aromatic carbocycles. The van der Waals surface area contributed by atoms with Gasteiger partial charge in [-0.25, -0.2) is 0 Å². The van der Waals surface area contributed by atoms with Crippen molar-refractivity contribution in [1.29, 1.82) is 0 Å². The van der Waals surface area contributed by atoms with E-state index in [0.717, 1.165) is 0 Å². The molecule has 4 N–H and O–H groups in total. The van der Waals surface area contributed by atoms with Crippen LogP contribution in [-0.2, 0) is 0 Å². The largest absolute Gasteiger partial charge is 0.457 e. The van der Waals surface area contributed by atoms with E-state index in [1.165, 1.54) is 0 Å². The minimum atomic E-state index is 0.525. The van der Waals surface area contributed by atoms with Gasteiger partial charge in [0, 0.05) is 35.6 Å². The second-order valence-corrected chi connectivity index (χ2v) is 12.6. The smallest absolute Gasteiger partial charge is 0.169 e. The number of nitrogens with two attached hydrogens (primary N) is 2. The number of benzene rings is 8. The van der Waals surface area contributed by atoms with E-state index in [-0.39, 0.29) is 0 Å². The lowest BCUT2D eigenvalue weighted by atomic mass is 10.2. The fraction of sp³-hybridized carbons (Fsp3) is 0. The molecule has 57 heavy (non-hydrogen) atoms. The van der Waals surface area contributed by atoms with Crippen molar-refractivity contribution in [2.24, 2.45) is 0 Å². The van der Waals surface area contributed by atoms with E-state index in [0.29, 0.717) is 91.9 Å². The van der Waals surface area contributed by atoms with Crippen LogP contribution in [0.5, 0.6) is 80.5 Å². The van der Waals surface area contributed by atoms with Crippen molar-refractivity contribution in [3.63, 3.8) is 0 Å². The van der Waals surface area contributed by atoms with Gasteiger partial charge < -0.3 is 44.6 Å². The van der Waals surface area contributed by atoms with Gasteiger partial charge in [0.15, 0.2) is 23.0 Å². The standard InChI is InChI=1S/C48H36N2O7/c49-33-21-25-35(26-22-33)51-37-9-5-13-41(29-37)54-45-17-1-3-19-47(45)56-43-15-7-11-39(31-43)53-40-12-8-16-44(32-40)57-48-20-4-2-18-46(48)55-42-14-6-10-38(30-42)52-36-27-23-34(50)24-28-36/h1-32H,49-50H2. The van der Waals surface area contributed by atoms with Crippen LogP contribution in [-0.4, -0.2) is 0 Å². The molecule has 0 spiro atoms. The monoisotopic (exact) mass is 752 g/mol. The molecule has 0 atom stereocenters. The molecule has 0 fully saturated rings. The van der Waals surface area contributed by atoms with Gasteiger partial charge in [-0.15, -0.1) is 0 Å². The third kappa shape index (κ3) is 9.74. The van der Waals surface area contributed by atoms with Gasteiger partial charge in [-0.05, 0) is 121 Å². The van der Waals surface area contributed by atoms with E-state index in [4.69, 9.17) is 44.6 Å². The van der Waals surface area contributed by atoms with Crippen LogP contribution in [0.4, 0.5) is 11.4 Å². The first kappa shape index (κ1) is 36.0. The fourth-order valence-electron chi connectivity index (χ4n) is 5.63. The Labute approximate surface area is 329 Å². The number of anilines is 2. The minimum absolute atomic E-state index is 0.525. The summed E-state index contributed by atoms with van der Waals surface area (Å²) in [4.78, 5) is 0. The van der Waals surface area contributed by atoms with E-state index in [9.17, 15) is 0 Å². The Morgan fingerprint density at radius 1 is 0.211 bits per heavy atom. The van der Waals surface area contributed by atoms with Crippen molar-refractivity contribution < 1.29 is 33.2 Å². The maximum Gasteiger partial charge on any atom is 0.169 e. The Hall–Kier alpha value is -8.04. The van der Waals surface area contributed by atoms with Gasteiger partial charge in [0.1, 0.15) is 57.5 Å². The molecule has 0 heterocycles. The van der Waals surface area contributed by atoms with Gasteiger partial charge in [0.2, 0.25) is 0 Å². The maximum absolute atomic E-state index is 6.30. The number of para-hydroxylation sites is 4. The Kier molecular flexibility index (Phi) is 10.7. The molecule has 0 aromatic heterocycles. The summed E-state index contributed by atoms with van der Waals surface area (Å²) in [5.74, 6) is 8.12. The highest BCUT2D eigenvalue weighted by Crippen LogP contribution is 2.39. The highest BCUT2D eigenvalue weighted by atomic mass is 16.5. The summed E-state index contributed by atoms with van der Waals surface area (Å²) in [5, 5.41) is 0. The molecule has 0 bridgehead atoms. The number of hydrogen-bond acceptors (Lipinski definition) is 9. The van der Waals surface area contributed by atoms with Crippen LogP contribution in [0.15, 0.2) is 194 Å². The highest BCUT2D eigenvalue weighted by Gasteiger charge is 2.12. The average molecular weight is 753 g/mol. The zero-order chi connectivity index (χ0) is 38.8.